The number of hydrogen-bond donors (Lipinski definition) is 3. The summed E-state index contributed by atoms with van der Waals surface area (Å²) in [6.07, 6.45) is 2.77. The quantitative estimate of drug-likeness (QED) is 0.362. The highest BCUT2D eigenvalue weighted by molar-refractivity contribution is 7.77. The van der Waals surface area contributed by atoms with E-state index in [9.17, 15) is 27.1 Å². The number of fused-ring (bicyclic) bond motifs is 2. The number of hydrogen-bond acceptors (Lipinski definition) is 6. The van der Waals surface area contributed by atoms with Crippen molar-refractivity contribution in [2.45, 2.75) is 19.3 Å². The Kier molecular flexibility index (Phi) is 5.61. The molecule has 3 heterocycles. The maximum absolute atomic E-state index is 15.0. The second-order valence-corrected chi connectivity index (χ2v) is 8.69. The molecule has 2 atom stereocenters. The summed E-state index contributed by atoms with van der Waals surface area (Å²) in [5.41, 5.74) is 0.470. The van der Waals surface area contributed by atoms with Crippen LogP contribution in [0, 0.1) is 18.6 Å². The van der Waals surface area contributed by atoms with Crippen LogP contribution < -0.4 is 10.3 Å². The fourth-order valence-corrected chi connectivity index (χ4v) is 4.67. The monoisotopic (exact) mass is 496 g/mol. The van der Waals surface area contributed by atoms with Gasteiger partial charge in [-0.25, -0.2) is 13.8 Å². The summed E-state index contributed by atoms with van der Waals surface area (Å²) in [5, 5.41) is 7.16. The fourth-order valence-electron chi connectivity index (χ4n) is 4.41. The van der Waals surface area contributed by atoms with Gasteiger partial charge in [-0.2, -0.15) is 5.10 Å². The number of amides is 1. The van der Waals surface area contributed by atoms with E-state index in [0.29, 0.717) is 10.9 Å². The van der Waals surface area contributed by atoms with Crippen molar-refractivity contribution >= 4 is 33.6 Å². The number of rotatable bonds is 5. The number of nitrogens with one attached hydrogen (secondary N) is 3. The number of nitrogens with zero attached hydrogens (tertiary/aromatic N) is 2. The summed E-state index contributed by atoms with van der Waals surface area (Å²) >= 11 is -2.97. The normalized spacial score (nSPS) is 15.9. The Bertz CT molecular complexity index is 1630. The first-order valence-electron chi connectivity index (χ1n) is 10.4. The minimum Gasteiger partial charge on any atom is -0.755 e. The lowest BCUT2D eigenvalue weighted by atomic mass is 9.88. The number of aryl methyl sites for hydroxylation is 1. The molecule has 178 valence electrons. The van der Waals surface area contributed by atoms with E-state index in [2.05, 4.69) is 20.2 Å². The standard InChI is InChI=1S/C23H17F2N5O4S/c1-10-16(24)7-15-14(6-11-5-12-9-27-29-18(12)8-17(11)25)20(23(32)30-35(33)34)19(21(15)28-10)13-3-2-4-26-22(13)31/h2-5,7-9,14H,6H2,1H3,(H,26,31)(H,27,29)(H,30,32)(H,33,34)/p-1. The first kappa shape index (κ1) is 22.7. The Morgan fingerprint density at radius 3 is 2.80 bits per heavy atom. The summed E-state index contributed by atoms with van der Waals surface area (Å²) in [6, 6.07) is 6.95. The summed E-state index contributed by atoms with van der Waals surface area (Å²) in [6.45, 7) is 1.43. The van der Waals surface area contributed by atoms with Crippen molar-refractivity contribution in [1.29, 1.82) is 0 Å². The Labute approximate surface area is 198 Å². The molecule has 0 bridgehead atoms. The SMILES string of the molecule is Cc1nc2c(cc1F)C(Cc1cc3cn[nH]c3cc1F)C(C(=O)NS(=O)[O-])=C2c1ccc[nH]c1=O. The van der Waals surface area contributed by atoms with E-state index in [1.165, 1.54) is 43.6 Å². The molecule has 0 saturated carbocycles. The predicted octanol–water partition coefficient (Wildman–Crippen LogP) is 2.28. The first-order chi connectivity index (χ1) is 16.7. The lowest BCUT2D eigenvalue weighted by Gasteiger charge is -2.18. The molecule has 0 radical (unpaired) electrons. The van der Waals surface area contributed by atoms with E-state index in [1.54, 1.807) is 10.8 Å². The average Bonchev–Trinajstić information content (AvgIpc) is 3.36. The van der Waals surface area contributed by atoms with Gasteiger partial charge in [0.2, 0.25) is 0 Å². The number of benzene rings is 1. The van der Waals surface area contributed by atoms with E-state index in [1.807, 2.05) is 0 Å². The number of halogens is 2. The third kappa shape index (κ3) is 3.96. The number of carbonyl (C=O) groups excluding carboxylic acids is 1. The molecule has 4 aromatic rings. The molecule has 35 heavy (non-hydrogen) atoms. The van der Waals surface area contributed by atoms with Gasteiger partial charge in [0, 0.05) is 45.5 Å². The van der Waals surface area contributed by atoms with Crippen molar-refractivity contribution in [3.63, 3.8) is 0 Å². The lowest BCUT2D eigenvalue weighted by molar-refractivity contribution is -0.116. The Morgan fingerprint density at radius 2 is 2.06 bits per heavy atom. The largest absolute Gasteiger partial charge is 0.755 e. The molecule has 1 amide bonds. The van der Waals surface area contributed by atoms with Crippen molar-refractivity contribution in [2.24, 2.45) is 0 Å². The van der Waals surface area contributed by atoms with Crippen LogP contribution in [0.1, 0.15) is 34.0 Å². The van der Waals surface area contributed by atoms with Crippen LogP contribution in [0.3, 0.4) is 0 Å². The molecule has 5 rings (SSSR count). The van der Waals surface area contributed by atoms with Crippen molar-refractivity contribution in [1.82, 2.24) is 24.9 Å². The lowest BCUT2D eigenvalue weighted by Crippen LogP contribution is -2.29. The van der Waals surface area contributed by atoms with Crippen LogP contribution in [0.4, 0.5) is 8.78 Å². The maximum atomic E-state index is 15.0. The van der Waals surface area contributed by atoms with Crippen LogP contribution >= 0.6 is 0 Å². The highest BCUT2D eigenvalue weighted by atomic mass is 32.2. The van der Waals surface area contributed by atoms with Gasteiger partial charge in [-0.05, 0) is 54.8 Å². The van der Waals surface area contributed by atoms with Crippen LogP contribution in [0.25, 0.3) is 16.5 Å². The van der Waals surface area contributed by atoms with Gasteiger partial charge in [0.15, 0.2) is 0 Å². The van der Waals surface area contributed by atoms with Gasteiger partial charge in [-0.15, -0.1) is 0 Å². The zero-order valence-corrected chi connectivity index (χ0v) is 18.8. The summed E-state index contributed by atoms with van der Waals surface area (Å²) in [4.78, 5) is 32.6. The van der Waals surface area contributed by atoms with Crippen molar-refractivity contribution in [2.75, 3.05) is 0 Å². The summed E-state index contributed by atoms with van der Waals surface area (Å²) in [5.74, 6) is -3.27. The molecule has 0 aliphatic heterocycles. The number of aromatic nitrogens is 4. The third-order valence-corrected chi connectivity index (χ3v) is 6.30. The average molecular weight is 496 g/mol. The number of H-pyrrole nitrogens is 2. The van der Waals surface area contributed by atoms with Gasteiger partial charge in [-0.3, -0.25) is 23.6 Å². The molecule has 2 unspecified atom stereocenters. The van der Waals surface area contributed by atoms with E-state index >= 15 is 0 Å². The molecule has 9 nitrogen and oxygen atoms in total. The molecule has 12 heteroatoms. The van der Waals surface area contributed by atoms with Gasteiger partial charge in [0.1, 0.15) is 11.6 Å². The maximum Gasteiger partial charge on any atom is 0.259 e. The van der Waals surface area contributed by atoms with Crippen LogP contribution in [-0.2, 0) is 22.5 Å². The van der Waals surface area contributed by atoms with Crippen molar-refractivity contribution in [3.8, 4) is 0 Å². The molecular weight excluding hydrogens is 480 g/mol. The van der Waals surface area contributed by atoms with E-state index in [-0.39, 0.29) is 45.6 Å². The van der Waals surface area contributed by atoms with E-state index in [0.717, 1.165) is 0 Å². The zero-order chi connectivity index (χ0) is 24.9. The highest BCUT2D eigenvalue weighted by Crippen LogP contribution is 2.46. The van der Waals surface area contributed by atoms with Crippen LogP contribution in [0.2, 0.25) is 0 Å². The van der Waals surface area contributed by atoms with Gasteiger partial charge in [-0.1, -0.05) is 0 Å². The minimum atomic E-state index is -2.97. The van der Waals surface area contributed by atoms with Crippen molar-refractivity contribution < 1.29 is 22.3 Å². The Balaban J connectivity index is 1.77. The van der Waals surface area contributed by atoms with E-state index < -0.39 is 40.3 Å². The molecule has 3 aromatic heterocycles. The molecule has 1 aromatic carbocycles. The Morgan fingerprint density at radius 1 is 1.26 bits per heavy atom. The molecule has 0 saturated heterocycles. The first-order valence-corrected chi connectivity index (χ1v) is 11.4. The smallest absolute Gasteiger partial charge is 0.259 e. The molecule has 1 aliphatic carbocycles. The minimum absolute atomic E-state index is 0.0208. The van der Waals surface area contributed by atoms with Gasteiger partial charge in [0.05, 0.1) is 23.1 Å². The van der Waals surface area contributed by atoms with Crippen LogP contribution in [-0.4, -0.2) is 34.8 Å². The highest BCUT2D eigenvalue weighted by Gasteiger charge is 2.39. The molecule has 0 spiro atoms. The molecular formula is C23H16F2N5O4S-. The van der Waals surface area contributed by atoms with Gasteiger partial charge < -0.3 is 9.54 Å². The summed E-state index contributed by atoms with van der Waals surface area (Å²) in [7, 11) is 0. The number of aromatic amines is 2. The van der Waals surface area contributed by atoms with Gasteiger partial charge >= 0.3 is 0 Å². The predicted molar refractivity (Wildman–Crippen MR) is 122 cm³/mol. The third-order valence-electron chi connectivity index (χ3n) is 5.95. The molecule has 3 N–H and O–H groups in total. The zero-order valence-electron chi connectivity index (χ0n) is 18.0. The number of carbonyl (C=O) groups is 1. The fraction of sp³-hybridized carbons (Fsp3) is 0.130. The number of pyridine rings is 2. The summed E-state index contributed by atoms with van der Waals surface area (Å²) < 4.78 is 54.1. The van der Waals surface area contributed by atoms with E-state index in [4.69, 9.17) is 0 Å². The van der Waals surface area contributed by atoms with Crippen LogP contribution in [0.15, 0.2) is 53.1 Å². The second-order valence-electron chi connectivity index (χ2n) is 8.02. The Hall–Kier alpha value is -4.03. The van der Waals surface area contributed by atoms with Gasteiger partial charge in [0.25, 0.3) is 11.5 Å². The topological polar surface area (TPSA) is 144 Å². The second kappa shape index (κ2) is 8.64. The molecule has 0 fully saturated rings. The molecule has 1 aliphatic rings. The van der Waals surface area contributed by atoms with Crippen molar-refractivity contribution in [3.05, 3.63) is 98.4 Å². The van der Waals surface area contributed by atoms with Crippen LogP contribution in [0.5, 0.6) is 0 Å².